The van der Waals surface area contributed by atoms with Crippen molar-refractivity contribution >= 4 is 51.3 Å². The van der Waals surface area contributed by atoms with Gasteiger partial charge in [-0.3, -0.25) is 4.99 Å². The Balaban J connectivity index is 1.69. The van der Waals surface area contributed by atoms with E-state index in [1.54, 1.807) is 0 Å². The molecule has 0 unspecified atom stereocenters. The maximum Gasteiger partial charge on any atom is 0.340 e. The first kappa shape index (κ1) is 62.2. The summed E-state index contributed by atoms with van der Waals surface area (Å²) in [6.07, 6.45) is 53.4. The quantitative estimate of drug-likeness (QED) is 0.0228. The van der Waals surface area contributed by atoms with Gasteiger partial charge in [-0.05, 0) is 69.4 Å². The topological polar surface area (TPSA) is 76.7 Å². The second kappa shape index (κ2) is 38.5. The molecule has 1 aliphatic rings. The monoisotopic (exact) mass is 1080 g/mol. The van der Waals surface area contributed by atoms with Gasteiger partial charge in [-0.1, -0.05) is 293 Å². The molecule has 0 aliphatic carbocycles. The van der Waals surface area contributed by atoms with E-state index in [4.69, 9.17) is 15.5 Å². The van der Waals surface area contributed by atoms with Gasteiger partial charge in [0.2, 0.25) is 0 Å². The van der Waals surface area contributed by atoms with Crippen molar-refractivity contribution in [3.63, 3.8) is 0 Å². The lowest BCUT2D eigenvalue weighted by Crippen LogP contribution is -2.29. The number of nitrogens with one attached hydrogen (secondary N) is 1. The smallest absolute Gasteiger partial charge is 0.340 e. The number of alkyl halides is 1. The Hall–Kier alpha value is -2.09. The number of halogens is 1. The van der Waals surface area contributed by atoms with Crippen molar-refractivity contribution in [1.29, 1.82) is 0 Å². The molecule has 0 aromatic heterocycles. The summed E-state index contributed by atoms with van der Waals surface area (Å²) in [6, 6.07) is 11.1. The third-order valence-electron chi connectivity index (χ3n) is 15.6. The molecule has 2 aromatic rings. The Morgan fingerprint density at radius 3 is 1.29 bits per heavy atom. The van der Waals surface area contributed by atoms with Crippen LogP contribution in [0.15, 0.2) is 35.3 Å². The second-order valence-corrected chi connectivity index (χ2v) is 24.3. The normalized spacial score (nSPS) is 13.2. The molecule has 3 rings (SSSR count). The number of hydrogen-bond donors (Lipinski definition) is 2. The van der Waals surface area contributed by atoms with Crippen LogP contribution in [0.3, 0.4) is 0 Å². The lowest BCUT2D eigenvalue weighted by molar-refractivity contribution is 0.0525. The number of ether oxygens (including phenoxy) is 1. The summed E-state index contributed by atoms with van der Waals surface area (Å²) in [4.78, 5) is 19.6. The lowest BCUT2D eigenvalue weighted by Gasteiger charge is -2.33. The van der Waals surface area contributed by atoms with Crippen molar-refractivity contribution in [2.45, 2.75) is 307 Å². The van der Waals surface area contributed by atoms with Crippen molar-refractivity contribution in [2.24, 2.45) is 4.99 Å². The van der Waals surface area contributed by atoms with E-state index in [1.165, 1.54) is 231 Å². The predicted octanol–water partition coefficient (Wildman–Crippen LogP) is 21.6. The van der Waals surface area contributed by atoms with E-state index in [-0.39, 0.29) is 9.39 Å². The molecule has 6 heteroatoms. The molecule has 0 amide bonds. The van der Waals surface area contributed by atoms with Gasteiger partial charge in [0.15, 0.2) is 0 Å². The van der Waals surface area contributed by atoms with Crippen LogP contribution in [-0.2, 0) is 13.6 Å². The van der Waals surface area contributed by atoms with Crippen LogP contribution in [0, 0.1) is 0 Å². The summed E-state index contributed by atoms with van der Waals surface area (Å²) >= 11 is 2.74. The van der Waals surface area contributed by atoms with Crippen molar-refractivity contribution in [3.05, 3.63) is 52.6 Å². The highest BCUT2D eigenvalue weighted by Crippen LogP contribution is 2.53. The highest BCUT2D eigenvalue weighted by Gasteiger charge is 2.43. The van der Waals surface area contributed by atoms with E-state index in [9.17, 15) is 4.79 Å². The number of nitrogen functional groups attached to an aromatic ring is 1. The number of benzene rings is 2. The third kappa shape index (κ3) is 23.8. The molecule has 1 heterocycles. The molecule has 2 aromatic carbocycles. The van der Waals surface area contributed by atoms with Crippen LogP contribution < -0.4 is 11.1 Å². The number of fused-ring (bicyclic) bond motifs is 1. The zero-order chi connectivity index (χ0) is 50.6. The predicted molar refractivity (Wildman–Crippen MR) is 318 cm³/mol. The minimum absolute atomic E-state index is 0.235. The molecule has 70 heavy (non-hydrogen) atoms. The van der Waals surface area contributed by atoms with Crippen LogP contribution in [0.1, 0.15) is 325 Å². The fourth-order valence-electron chi connectivity index (χ4n) is 11.2. The van der Waals surface area contributed by atoms with Crippen LogP contribution in [0.5, 0.6) is 0 Å². The largest absolute Gasteiger partial charge is 0.462 e. The standard InChI is InChI=1S/C64H110IN3O2/c1-7-11-14-17-20-23-26-28-30-32-34-37-40-43-50-64(65,51-44-41-38-35-33-31-29-27-24-21-18-15-12-8-2)56-53-57-59(60(66)58(56)62(69)70-10-4)63(5,6)61(68-57)54-46-48-55(49-47-54)67-52-45-42-39-36-25-22-19-16-13-9-3/h46-49,53,67H,7-45,50-52,66H2,1-6H3. The van der Waals surface area contributed by atoms with Gasteiger partial charge in [0.05, 0.1) is 29.3 Å². The van der Waals surface area contributed by atoms with Gasteiger partial charge in [0.1, 0.15) is 0 Å². The number of esters is 1. The molecule has 0 saturated heterocycles. The Bertz CT molecular complexity index is 1640. The van der Waals surface area contributed by atoms with Gasteiger partial charge in [-0.15, -0.1) is 0 Å². The zero-order valence-corrected chi connectivity index (χ0v) is 49.0. The molecule has 0 radical (unpaired) electrons. The molecule has 1 aliphatic heterocycles. The van der Waals surface area contributed by atoms with Gasteiger partial charge in [-0.2, -0.15) is 0 Å². The van der Waals surface area contributed by atoms with E-state index in [0.29, 0.717) is 17.9 Å². The summed E-state index contributed by atoms with van der Waals surface area (Å²) < 4.78 is 5.63. The van der Waals surface area contributed by atoms with Crippen molar-refractivity contribution in [3.8, 4) is 0 Å². The van der Waals surface area contributed by atoms with Crippen LogP contribution in [0.25, 0.3) is 0 Å². The van der Waals surface area contributed by atoms with Crippen molar-refractivity contribution < 1.29 is 9.53 Å². The third-order valence-corrected chi connectivity index (χ3v) is 17.3. The summed E-state index contributed by atoms with van der Waals surface area (Å²) in [5.41, 5.74) is 14.2. The Morgan fingerprint density at radius 2 is 0.914 bits per heavy atom. The lowest BCUT2D eigenvalue weighted by atomic mass is 9.75. The maximum absolute atomic E-state index is 14.2. The number of anilines is 2. The number of aliphatic imine (C=N–C) groups is 1. The first-order valence-electron chi connectivity index (χ1n) is 30.4. The Labute approximate surface area is 447 Å². The number of nitrogens with two attached hydrogens (primary N) is 1. The van der Waals surface area contributed by atoms with Gasteiger partial charge >= 0.3 is 5.97 Å². The fraction of sp³-hybridized carbons (Fsp3) is 0.781. The number of rotatable bonds is 46. The van der Waals surface area contributed by atoms with Crippen LogP contribution in [0.2, 0.25) is 0 Å². The molecule has 0 saturated carbocycles. The molecule has 5 nitrogen and oxygen atoms in total. The highest BCUT2D eigenvalue weighted by molar-refractivity contribution is 14.1. The minimum atomic E-state index is -0.471. The number of hydrogen-bond acceptors (Lipinski definition) is 5. The van der Waals surface area contributed by atoms with E-state index in [1.807, 2.05) is 6.92 Å². The molecule has 3 N–H and O–H groups in total. The average molecular weight is 1080 g/mol. The highest BCUT2D eigenvalue weighted by atomic mass is 127. The molecule has 400 valence electrons. The van der Waals surface area contributed by atoms with E-state index >= 15 is 0 Å². The van der Waals surface area contributed by atoms with Crippen LogP contribution in [0.4, 0.5) is 17.1 Å². The average Bonchev–Trinajstić information content (AvgIpc) is 3.63. The fourth-order valence-corrected chi connectivity index (χ4v) is 12.4. The summed E-state index contributed by atoms with van der Waals surface area (Å²) in [5.74, 6) is -0.289. The SMILES string of the molecule is CCCCCCCCCCCCCCCCC(I)(CCCCCCCCCCCCCCCC)c1cc2c(c(N)c1C(=O)OCC)C(C)(C)C(c1ccc(NCCCCCCCCCCCC)cc1)=N2. The molecule has 0 fully saturated rings. The molecule has 0 atom stereocenters. The van der Waals surface area contributed by atoms with Crippen LogP contribution >= 0.6 is 22.6 Å². The number of unbranched alkanes of at least 4 members (excludes halogenated alkanes) is 35. The molecular weight excluding hydrogens is 970 g/mol. The van der Waals surface area contributed by atoms with E-state index in [2.05, 4.69) is 92.9 Å². The Morgan fingerprint density at radius 1 is 0.557 bits per heavy atom. The first-order valence-corrected chi connectivity index (χ1v) is 31.5. The number of carbonyl (C=O) groups is 1. The summed E-state index contributed by atoms with van der Waals surface area (Å²) in [7, 11) is 0. The van der Waals surface area contributed by atoms with Gasteiger partial charge in [0.25, 0.3) is 0 Å². The maximum atomic E-state index is 14.2. The van der Waals surface area contributed by atoms with Crippen LogP contribution in [-0.4, -0.2) is 24.8 Å². The van der Waals surface area contributed by atoms with Gasteiger partial charge in [0, 0.05) is 26.6 Å². The van der Waals surface area contributed by atoms with Gasteiger partial charge < -0.3 is 15.8 Å². The molecule has 0 spiro atoms. The number of nitrogens with zero attached hydrogens (tertiary/aromatic N) is 1. The Kier molecular flexibility index (Phi) is 34.2. The minimum Gasteiger partial charge on any atom is -0.462 e. The van der Waals surface area contributed by atoms with E-state index < -0.39 is 5.41 Å². The van der Waals surface area contributed by atoms with Crippen molar-refractivity contribution in [2.75, 3.05) is 24.2 Å². The van der Waals surface area contributed by atoms with Crippen molar-refractivity contribution in [1.82, 2.24) is 0 Å². The zero-order valence-electron chi connectivity index (χ0n) is 46.8. The van der Waals surface area contributed by atoms with Gasteiger partial charge in [-0.25, -0.2) is 4.79 Å². The summed E-state index contributed by atoms with van der Waals surface area (Å²) in [5, 5.41) is 3.67. The summed E-state index contributed by atoms with van der Waals surface area (Å²) in [6.45, 7) is 14.6. The van der Waals surface area contributed by atoms with E-state index in [0.717, 1.165) is 66.0 Å². The molecular formula is C64H110IN3O2. The first-order chi connectivity index (χ1) is 34.1. The second-order valence-electron chi connectivity index (χ2n) is 22.3. The number of carbonyl (C=O) groups excluding carboxylic acids is 1. The molecule has 0 bridgehead atoms.